The van der Waals surface area contributed by atoms with Crippen molar-refractivity contribution in [3.63, 3.8) is 0 Å². The van der Waals surface area contributed by atoms with Crippen molar-refractivity contribution in [2.75, 3.05) is 0 Å². The number of aliphatic hydroxyl groups excluding tert-OH is 1. The van der Waals surface area contributed by atoms with Gasteiger partial charge in [0, 0.05) is 22.3 Å². The number of rotatable bonds is 0. The average Bonchev–Trinajstić information content (AvgIpc) is 2.26. The molecule has 0 aromatic carbocycles. The van der Waals surface area contributed by atoms with Crippen LogP contribution >= 0.6 is 0 Å². The van der Waals surface area contributed by atoms with Crippen molar-refractivity contribution in [2.45, 2.75) is 6.10 Å². The number of aromatic nitrogens is 1. The first-order chi connectivity index (χ1) is 6.66. The largest absolute Gasteiger partial charge is 0.398 e. The monoisotopic (exact) mass is 190 g/mol. The third kappa shape index (κ3) is 1.47. The van der Waals surface area contributed by atoms with Crippen molar-refractivity contribution in [3.05, 3.63) is 45.2 Å². The SMILES string of the molecule is NC1=c2ccc(=O)[nH]c2=CC(O)C=C1. The van der Waals surface area contributed by atoms with E-state index < -0.39 is 6.10 Å². The highest BCUT2D eigenvalue weighted by atomic mass is 16.3. The van der Waals surface area contributed by atoms with Crippen molar-refractivity contribution < 1.29 is 5.11 Å². The molecule has 1 unspecified atom stereocenters. The zero-order valence-corrected chi connectivity index (χ0v) is 7.40. The van der Waals surface area contributed by atoms with Crippen LogP contribution in [0.3, 0.4) is 0 Å². The smallest absolute Gasteiger partial charge is 0.248 e. The molecule has 72 valence electrons. The molecule has 4 N–H and O–H groups in total. The summed E-state index contributed by atoms with van der Waals surface area (Å²) < 4.78 is 0. The lowest BCUT2D eigenvalue weighted by atomic mass is 10.3. The number of nitrogens with two attached hydrogens (primary N) is 1. The summed E-state index contributed by atoms with van der Waals surface area (Å²) in [7, 11) is 0. The molecule has 0 amide bonds. The van der Waals surface area contributed by atoms with E-state index in [1.807, 2.05) is 0 Å². The third-order valence-corrected chi connectivity index (χ3v) is 2.07. The average molecular weight is 190 g/mol. The van der Waals surface area contributed by atoms with Crippen LogP contribution in [0.25, 0.3) is 11.8 Å². The quantitative estimate of drug-likeness (QED) is 0.449. The number of hydrogen-bond acceptors (Lipinski definition) is 3. The maximum atomic E-state index is 11.0. The van der Waals surface area contributed by atoms with E-state index in [9.17, 15) is 9.90 Å². The zero-order valence-electron chi connectivity index (χ0n) is 7.40. The second-order valence-corrected chi connectivity index (χ2v) is 3.12. The zero-order chi connectivity index (χ0) is 10.1. The number of H-pyrrole nitrogens is 1. The molecule has 4 heteroatoms. The fraction of sp³-hybridized carbons (Fsp3) is 0.100. The van der Waals surface area contributed by atoms with Crippen LogP contribution < -0.4 is 21.9 Å². The van der Waals surface area contributed by atoms with Crippen molar-refractivity contribution in [1.82, 2.24) is 4.98 Å². The highest BCUT2D eigenvalue weighted by Crippen LogP contribution is 1.93. The van der Waals surface area contributed by atoms with Crippen LogP contribution in [0.1, 0.15) is 0 Å². The van der Waals surface area contributed by atoms with Gasteiger partial charge in [0.2, 0.25) is 5.56 Å². The molecule has 0 saturated heterocycles. The van der Waals surface area contributed by atoms with E-state index in [1.165, 1.54) is 6.07 Å². The summed E-state index contributed by atoms with van der Waals surface area (Å²) in [5.74, 6) is 0. The fourth-order valence-corrected chi connectivity index (χ4v) is 1.39. The Balaban J connectivity index is 2.91. The van der Waals surface area contributed by atoms with Gasteiger partial charge in [0.05, 0.1) is 6.10 Å². The molecule has 0 spiro atoms. The Kier molecular flexibility index (Phi) is 1.98. The minimum absolute atomic E-state index is 0.207. The van der Waals surface area contributed by atoms with E-state index >= 15 is 0 Å². The summed E-state index contributed by atoms with van der Waals surface area (Å²) in [4.78, 5) is 13.7. The standard InChI is InChI=1S/C10H10N2O2/c11-8-3-1-6(13)5-9-7(8)2-4-10(14)12-9/h1-6,13H,11H2,(H,12,14). The van der Waals surface area contributed by atoms with Crippen LogP contribution in [0.4, 0.5) is 0 Å². The van der Waals surface area contributed by atoms with Gasteiger partial charge in [-0.3, -0.25) is 4.79 Å². The summed E-state index contributed by atoms with van der Waals surface area (Å²) in [5, 5.41) is 10.7. The molecule has 2 rings (SSSR count). The van der Waals surface area contributed by atoms with E-state index in [1.54, 1.807) is 24.3 Å². The molecule has 0 radical (unpaired) electrons. The van der Waals surface area contributed by atoms with E-state index in [0.29, 0.717) is 11.0 Å². The number of hydrogen-bond donors (Lipinski definition) is 3. The topological polar surface area (TPSA) is 79.1 Å². The van der Waals surface area contributed by atoms with Crippen LogP contribution in [-0.2, 0) is 0 Å². The van der Waals surface area contributed by atoms with Crippen molar-refractivity contribution in [2.24, 2.45) is 5.73 Å². The Morgan fingerprint density at radius 1 is 1.43 bits per heavy atom. The van der Waals surface area contributed by atoms with Crippen LogP contribution in [0.15, 0.2) is 29.1 Å². The predicted octanol–water partition coefficient (Wildman–Crippen LogP) is -1.85. The molecule has 1 aromatic heterocycles. The molecule has 14 heavy (non-hydrogen) atoms. The normalized spacial score (nSPS) is 19.8. The molecule has 1 aliphatic rings. The van der Waals surface area contributed by atoms with Gasteiger partial charge in [-0.15, -0.1) is 0 Å². The van der Waals surface area contributed by atoms with E-state index in [0.717, 1.165) is 5.22 Å². The molecule has 4 nitrogen and oxygen atoms in total. The van der Waals surface area contributed by atoms with Crippen LogP contribution in [-0.4, -0.2) is 16.2 Å². The lowest BCUT2D eigenvalue weighted by molar-refractivity contribution is 0.285. The second-order valence-electron chi connectivity index (χ2n) is 3.12. The minimum atomic E-state index is -0.715. The Morgan fingerprint density at radius 2 is 2.21 bits per heavy atom. The Morgan fingerprint density at radius 3 is 3.00 bits per heavy atom. The van der Waals surface area contributed by atoms with Gasteiger partial charge >= 0.3 is 0 Å². The van der Waals surface area contributed by atoms with Crippen LogP contribution in [0, 0.1) is 0 Å². The molecule has 0 aliphatic heterocycles. The lowest BCUT2D eigenvalue weighted by Gasteiger charge is -1.93. The van der Waals surface area contributed by atoms with E-state index in [-0.39, 0.29) is 5.56 Å². The third-order valence-electron chi connectivity index (χ3n) is 2.07. The summed E-state index contributed by atoms with van der Waals surface area (Å²) >= 11 is 0. The molecule has 1 aliphatic carbocycles. The number of aliphatic hydroxyl groups is 1. The van der Waals surface area contributed by atoms with Gasteiger partial charge in [0.25, 0.3) is 0 Å². The maximum Gasteiger partial charge on any atom is 0.248 e. The van der Waals surface area contributed by atoms with Crippen molar-refractivity contribution in [3.8, 4) is 0 Å². The first-order valence-corrected chi connectivity index (χ1v) is 4.24. The number of nitrogens with one attached hydrogen (secondary N) is 1. The van der Waals surface area contributed by atoms with Gasteiger partial charge in [-0.2, -0.15) is 0 Å². The van der Waals surface area contributed by atoms with E-state index in [4.69, 9.17) is 5.73 Å². The lowest BCUT2D eigenvalue weighted by Crippen LogP contribution is -2.36. The summed E-state index contributed by atoms with van der Waals surface area (Å²) in [6.07, 6.45) is 4.03. The van der Waals surface area contributed by atoms with Crippen LogP contribution in [0.2, 0.25) is 0 Å². The molecule has 1 atom stereocenters. The summed E-state index contributed by atoms with van der Waals surface area (Å²) in [6.45, 7) is 0. The Bertz CT molecular complexity index is 554. The van der Waals surface area contributed by atoms with Crippen LogP contribution in [0.5, 0.6) is 0 Å². The Labute approximate surface area is 79.7 Å². The van der Waals surface area contributed by atoms with Crippen molar-refractivity contribution >= 4 is 11.8 Å². The summed E-state index contributed by atoms with van der Waals surface area (Å²) in [6, 6.07) is 3.05. The van der Waals surface area contributed by atoms with Gasteiger partial charge < -0.3 is 15.8 Å². The molecular formula is C10H10N2O2. The van der Waals surface area contributed by atoms with E-state index in [2.05, 4.69) is 4.98 Å². The number of aromatic amines is 1. The number of fused-ring (bicyclic) bond motifs is 1. The maximum absolute atomic E-state index is 11.0. The Hall–Kier alpha value is -1.81. The molecule has 0 saturated carbocycles. The van der Waals surface area contributed by atoms with Gasteiger partial charge in [-0.25, -0.2) is 0 Å². The van der Waals surface area contributed by atoms with Gasteiger partial charge in [0.1, 0.15) is 0 Å². The fourth-order valence-electron chi connectivity index (χ4n) is 1.39. The molecular weight excluding hydrogens is 180 g/mol. The predicted molar refractivity (Wildman–Crippen MR) is 53.5 cm³/mol. The first-order valence-electron chi connectivity index (χ1n) is 4.24. The molecule has 0 bridgehead atoms. The molecule has 1 heterocycles. The highest BCUT2D eigenvalue weighted by molar-refractivity contribution is 5.56. The highest BCUT2D eigenvalue weighted by Gasteiger charge is 2.00. The summed E-state index contributed by atoms with van der Waals surface area (Å²) in [5.41, 5.74) is 6.06. The molecule has 0 fully saturated rings. The van der Waals surface area contributed by atoms with Gasteiger partial charge in [0.15, 0.2) is 0 Å². The van der Waals surface area contributed by atoms with Crippen molar-refractivity contribution in [1.29, 1.82) is 0 Å². The first kappa shape index (κ1) is 8.77. The van der Waals surface area contributed by atoms with Gasteiger partial charge in [-0.1, -0.05) is 6.08 Å². The second kappa shape index (κ2) is 3.16. The molecule has 1 aromatic rings. The van der Waals surface area contributed by atoms with Gasteiger partial charge in [-0.05, 0) is 18.2 Å². The number of pyridine rings is 1. The minimum Gasteiger partial charge on any atom is -0.398 e.